The molecule has 11 heteroatoms. The number of rotatable bonds is 10. The van der Waals surface area contributed by atoms with E-state index in [0.717, 1.165) is 39.2 Å². The van der Waals surface area contributed by atoms with Gasteiger partial charge < -0.3 is 0 Å². The minimum Gasteiger partial charge on any atom is -0.211 e. The smallest absolute Gasteiger partial charge is 0.211 e. The molecule has 2 aromatic carbocycles. The molecule has 0 aliphatic carbocycles. The molecule has 2 aromatic rings. The molecule has 0 heterocycles. The molecule has 0 saturated carbocycles. The van der Waals surface area contributed by atoms with Crippen LogP contribution >= 0.6 is 31.8 Å². The largest absolute Gasteiger partial charge is 0.227 e. The van der Waals surface area contributed by atoms with Crippen molar-refractivity contribution in [2.24, 2.45) is 0 Å². The minimum absolute atomic E-state index is 0.106. The Balaban J connectivity index is 1.85. The highest BCUT2D eigenvalue weighted by Crippen LogP contribution is 2.41. The van der Waals surface area contributed by atoms with Crippen LogP contribution in [0.3, 0.4) is 0 Å². The van der Waals surface area contributed by atoms with E-state index in [-0.39, 0.29) is 11.5 Å². The Morgan fingerprint density at radius 2 is 1.00 bits per heavy atom. The minimum atomic E-state index is -3.50. The van der Waals surface area contributed by atoms with Crippen molar-refractivity contribution >= 4 is 51.8 Å². The standard InChI is InChI=1S/C16H20N2O4S5/c1-17(26(19,20)13-15-9-5-3-6-10-15)23-25-24-18(2)27(21,22)14-16-11-7-4-8-12-16/h3-12H,13-14H2,1-2H3. The SMILES string of the molecule is CN(SSSN(C)S(=O)(=O)Cc1ccccc1)S(=O)(=O)Cc1ccccc1. The second kappa shape index (κ2) is 10.2. The third-order valence-electron chi connectivity index (χ3n) is 3.44. The van der Waals surface area contributed by atoms with E-state index in [9.17, 15) is 16.8 Å². The molecule has 0 aliphatic rings. The molecule has 0 atom stereocenters. The predicted molar refractivity (Wildman–Crippen MR) is 116 cm³/mol. The maximum absolute atomic E-state index is 12.4. The van der Waals surface area contributed by atoms with Crippen LogP contribution in [0.25, 0.3) is 0 Å². The molecule has 0 unspecified atom stereocenters. The zero-order valence-corrected chi connectivity index (χ0v) is 18.8. The molecule has 27 heavy (non-hydrogen) atoms. The molecule has 6 nitrogen and oxygen atoms in total. The van der Waals surface area contributed by atoms with Gasteiger partial charge >= 0.3 is 0 Å². The summed E-state index contributed by atoms with van der Waals surface area (Å²) in [6.07, 6.45) is 0. The van der Waals surface area contributed by atoms with Crippen molar-refractivity contribution in [2.45, 2.75) is 11.5 Å². The molecule has 0 bridgehead atoms. The quantitative estimate of drug-likeness (QED) is 0.391. The van der Waals surface area contributed by atoms with Crippen molar-refractivity contribution < 1.29 is 16.8 Å². The van der Waals surface area contributed by atoms with Gasteiger partial charge in [-0.1, -0.05) is 60.7 Å². The summed E-state index contributed by atoms with van der Waals surface area (Å²) >= 11 is 0. The molecule has 0 fully saturated rings. The third kappa shape index (κ3) is 7.33. The monoisotopic (exact) mass is 464 g/mol. The van der Waals surface area contributed by atoms with Crippen LogP contribution < -0.4 is 0 Å². The molecular formula is C16H20N2O4S5. The zero-order chi connectivity index (χ0) is 19.9. The number of nitrogens with zero attached hydrogens (tertiary/aromatic N) is 2. The van der Waals surface area contributed by atoms with Gasteiger partial charge in [-0.25, -0.2) is 16.8 Å². The highest BCUT2D eigenvalue weighted by Gasteiger charge is 2.23. The van der Waals surface area contributed by atoms with Crippen molar-refractivity contribution in [3.63, 3.8) is 0 Å². The van der Waals surface area contributed by atoms with Crippen LogP contribution in [0.15, 0.2) is 60.7 Å². The van der Waals surface area contributed by atoms with Gasteiger partial charge in [0.2, 0.25) is 20.0 Å². The molecule has 0 radical (unpaired) electrons. The maximum Gasteiger partial charge on any atom is 0.227 e. The number of benzene rings is 2. The summed E-state index contributed by atoms with van der Waals surface area (Å²) in [5.74, 6) is -0.213. The zero-order valence-electron chi connectivity index (χ0n) is 14.8. The molecule has 0 aliphatic heterocycles. The fraction of sp³-hybridized carbons (Fsp3) is 0.250. The van der Waals surface area contributed by atoms with Gasteiger partial charge in [-0.2, -0.15) is 0 Å². The molecule has 0 N–H and O–H groups in total. The lowest BCUT2D eigenvalue weighted by molar-refractivity contribution is 0.563. The van der Waals surface area contributed by atoms with E-state index in [1.807, 2.05) is 12.1 Å². The van der Waals surface area contributed by atoms with Gasteiger partial charge in [-0.3, -0.25) is 0 Å². The van der Waals surface area contributed by atoms with E-state index < -0.39 is 20.0 Å². The van der Waals surface area contributed by atoms with Crippen molar-refractivity contribution in [1.82, 2.24) is 7.42 Å². The van der Waals surface area contributed by atoms with Crippen LogP contribution in [-0.4, -0.2) is 38.4 Å². The van der Waals surface area contributed by atoms with Crippen LogP contribution in [0, 0.1) is 0 Å². The van der Waals surface area contributed by atoms with Crippen molar-refractivity contribution in [2.75, 3.05) is 14.1 Å². The van der Waals surface area contributed by atoms with E-state index in [2.05, 4.69) is 0 Å². The molecule has 148 valence electrons. The van der Waals surface area contributed by atoms with Crippen LogP contribution in [0.2, 0.25) is 0 Å². The Morgan fingerprint density at radius 1 is 0.667 bits per heavy atom. The van der Waals surface area contributed by atoms with E-state index in [4.69, 9.17) is 0 Å². The van der Waals surface area contributed by atoms with Crippen molar-refractivity contribution in [3.05, 3.63) is 71.8 Å². The average molecular weight is 465 g/mol. The van der Waals surface area contributed by atoms with Crippen LogP contribution in [0.4, 0.5) is 0 Å². The van der Waals surface area contributed by atoms with Crippen LogP contribution in [-0.2, 0) is 31.6 Å². The first-order chi connectivity index (χ1) is 12.7. The Labute approximate surface area is 172 Å². The topological polar surface area (TPSA) is 74.8 Å². The second-order valence-corrected chi connectivity index (χ2v) is 14.0. The van der Waals surface area contributed by atoms with E-state index in [1.54, 1.807) is 48.5 Å². The summed E-state index contributed by atoms with van der Waals surface area (Å²) in [6, 6.07) is 17.8. The van der Waals surface area contributed by atoms with E-state index >= 15 is 0 Å². The molecule has 2 rings (SSSR count). The summed E-state index contributed by atoms with van der Waals surface area (Å²) in [4.78, 5) is 0. The first kappa shape index (κ1) is 22.6. The second-order valence-electron chi connectivity index (χ2n) is 5.52. The van der Waals surface area contributed by atoms with Gasteiger partial charge in [0.15, 0.2) is 0 Å². The lowest BCUT2D eigenvalue weighted by Crippen LogP contribution is -2.22. The van der Waals surface area contributed by atoms with Crippen LogP contribution in [0.5, 0.6) is 0 Å². The summed E-state index contributed by atoms with van der Waals surface area (Å²) in [6.45, 7) is 0. The normalized spacial score (nSPS) is 12.6. The molecule has 0 aromatic heterocycles. The first-order valence-electron chi connectivity index (χ1n) is 7.73. The number of hydrogen-bond donors (Lipinski definition) is 0. The average Bonchev–Trinajstić information content (AvgIpc) is 2.62. The van der Waals surface area contributed by atoms with Gasteiger partial charge in [0.1, 0.15) is 0 Å². The van der Waals surface area contributed by atoms with Gasteiger partial charge in [0, 0.05) is 45.9 Å². The van der Waals surface area contributed by atoms with Crippen molar-refractivity contribution in [1.29, 1.82) is 0 Å². The lowest BCUT2D eigenvalue weighted by atomic mass is 10.2. The van der Waals surface area contributed by atoms with E-state index in [0.29, 0.717) is 11.1 Å². The third-order valence-corrected chi connectivity index (χ3v) is 12.1. The Morgan fingerprint density at radius 3 is 1.33 bits per heavy atom. The molecule has 0 amide bonds. The number of hydrogen-bond acceptors (Lipinski definition) is 7. The first-order valence-corrected chi connectivity index (χ1v) is 14.3. The maximum atomic E-state index is 12.4. The Bertz CT molecular complexity index is 844. The number of sulfonamides is 2. The van der Waals surface area contributed by atoms with Gasteiger partial charge in [0.25, 0.3) is 0 Å². The molecular weight excluding hydrogens is 445 g/mol. The van der Waals surface area contributed by atoms with Gasteiger partial charge in [0.05, 0.1) is 11.5 Å². The van der Waals surface area contributed by atoms with Gasteiger partial charge in [-0.05, 0) is 11.1 Å². The van der Waals surface area contributed by atoms with Gasteiger partial charge in [-0.15, -0.1) is 7.42 Å². The summed E-state index contributed by atoms with van der Waals surface area (Å²) in [5, 5.41) is 0. The summed E-state index contributed by atoms with van der Waals surface area (Å²) in [5.41, 5.74) is 1.40. The lowest BCUT2D eigenvalue weighted by Gasteiger charge is -2.18. The Hall–Kier alpha value is -0.690. The summed E-state index contributed by atoms with van der Waals surface area (Å²) in [7, 11) is -1.08. The highest BCUT2D eigenvalue weighted by molar-refractivity contribution is 9.09. The van der Waals surface area contributed by atoms with Crippen molar-refractivity contribution in [3.8, 4) is 0 Å². The highest BCUT2D eigenvalue weighted by atomic mass is 33.5. The fourth-order valence-corrected chi connectivity index (χ4v) is 10.2. The molecule has 0 spiro atoms. The fourth-order valence-electron chi connectivity index (χ4n) is 1.94. The molecule has 0 saturated heterocycles. The van der Waals surface area contributed by atoms with E-state index in [1.165, 1.54) is 14.1 Å². The Kier molecular flexibility index (Phi) is 8.53. The summed E-state index contributed by atoms with van der Waals surface area (Å²) < 4.78 is 51.8. The van der Waals surface area contributed by atoms with Crippen LogP contribution in [0.1, 0.15) is 11.1 Å². The predicted octanol–water partition coefficient (Wildman–Crippen LogP) is 3.77.